The number of carbonyl (C=O) groups is 1. The van der Waals surface area contributed by atoms with Crippen molar-refractivity contribution in [2.45, 2.75) is 9.92 Å². The third kappa shape index (κ3) is 2.43. The Bertz CT molecular complexity index is 754. The van der Waals surface area contributed by atoms with Crippen LogP contribution in [-0.4, -0.2) is 15.7 Å². The maximum Gasteiger partial charge on any atom is 0.169 e. The summed E-state index contributed by atoms with van der Waals surface area (Å²) in [5.74, 6) is 0. The van der Waals surface area contributed by atoms with Crippen LogP contribution >= 0.6 is 27.7 Å². The second kappa shape index (κ2) is 5.19. The van der Waals surface area contributed by atoms with E-state index >= 15 is 0 Å². The Morgan fingerprint density at radius 2 is 2.11 bits per heavy atom. The van der Waals surface area contributed by atoms with E-state index in [1.165, 1.54) is 11.8 Å². The van der Waals surface area contributed by atoms with Crippen LogP contribution in [0.3, 0.4) is 0 Å². The minimum atomic E-state index is 0.584. The Balaban J connectivity index is 2.07. The summed E-state index contributed by atoms with van der Waals surface area (Å²) in [5.41, 5.74) is 1.36. The predicted molar refractivity (Wildman–Crippen MR) is 78.8 cm³/mol. The molecule has 0 saturated heterocycles. The zero-order valence-electron chi connectivity index (χ0n) is 9.79. The van der Waals surface area contributed by atoms with E-state index in [2.05, 4.69) is 20.9 Å². The average Bonchev–Trinajstić information content (AvgIpc) is 2.75. The molecule has 1 aromatic carbocycles. The zero-order chi connectivity index (χ0) is 13.2. The van der Waals surface area contributed by atoms with Gasteiger partial charge in [-0.15, -0.1) is 0 Å². The van der Waals surface area contributed by atoms with Crippen LogP contribution in [0.1, 0.15) is 10.5 Å². The van der Waals surface area contributed by atoms with Gasteiger partial charge in [-0.2, -0.15) is 0 Å². The Morgan fingerprint density at radius 3 is 2.89 bits per heavy atom. The monoisotopic (exact) mass is 332 g/mol. The molecule has 0 N–H and O–H groups in total. The van der Waals surface area contributed by atoms with Crippen molar-refractivity contribution < 1.29 is 4.79 Å². The zero-order valence-corrected chi connectivity index (χ0v) is 12.2. The molecule has 0 amide bonds. The molecule has 94 valence electrons. The van der Waals surface area contributed by atoms with Crippen LogP contribution in [0.25, 0.3) is 5.65 Å². The summed E-state index contributed by atoms with van der Waals surface area (Å²) in [6, 6.07) is 13.6. The highest BCUT2D eigenvalue weighted by molar-refractivity contribution is 9.10. The summed E-state index contributed by atoms with van der Waals surface area (Å²) in [6.07, 6.45) is 2.69. The molecule has 0 radical (unpaired) electrons. The lowest BCUT2D eigenvalue weighted by Crippen LogP contribution is -1.90. The minimum absolute atomic E-state index is 0.584. The number of benzene rings is 1. The van der Waals surface area contributed by atoms with Gasteiger partial charge in [-0.05, 0) is 30.3 Å². The van der Waals surface area contributed by atoms with Gasteiger partial charge < -0.3 is 0 Å². The fourth-order valence-corrected chi connectivity index (χ4v) is 3.31. The van der Waals surface area contributed by atoms with Crippen LogP contribution in [0.4, 0.5) is 0 Å². The Labute approximate surface area is 122 Å². The van der Waals surface area contributed by atoms with Crippen molar-refractivity contribution in [3.05, 3.63) is 58.8 Å². The number of pyridine rings is 1. The van der Waals surface area contributed by atoms with Gasteiger partial charge in [0.25, 0.3) is 0 Å². The number of carbonyl (C=O) groups excluding carboxylic acids is 1. The van der Waals surface area contributed by atoms with Crippen LogP contribution in [0.15, 0.2) is 63.1 Å². The first-order valence-electron chi connectivity index (χ1n) is 5.63. The number of fused-ring (bicyclic) bond motifs is 1. The maximum atomic E-state index is 11.3. The smallest absolute Gasteiger partial charge is 0.169 e. The fourth-order valence-electron chi connectivity index (χ4n) is 1.82. The van der Waals surface area contributed by atoms with E-state index in [9.17, 15) is 4.79 Å². The average molecular weight is 333 g/mol. The van der Waals surface area contributed by atoms with Gasteiger partial charge in [0.05, 0.1) is 0 Å². The summed E-state index contributed by atoms with van der Waals surface area (Å²) < 4.78 is 2.81. The van der Waals surface area contributed by atoms with E-state index in [0.29, 0.717) is 5.69 Å². The Hall–Kier alpha value is -1.59. The third-order valence-electron chi connectivity index (χ3n) is 2.66. The largest absolute Gasteiger partial charge is 0.296 e. The molecule has 3 rings (SSSR count). The Kier molecular flexibility index (Phi) is 3.40. The molecule has 0 aliphatic carbocycles. The lowest BCUT2D eigenvalue weighted by atomic mass is 10.4. The number of rotatable bonds is 3. The van der Waals surface area contributed by atoms with Gasteiger partial charge in [-0.1, -0.05) is 39.8 Å². The van der Waals surface area contributed by atoms with E-state index in [4.69, 9.17) is 0 Å². The third-order valence-corrected chi connectivity index (χ3v) is 4.13. The first kappa shape index (κ1) is 12.4. The van der Waals surface area contributed by atoms with Gasteiger partial charge in [0.15, 0.2) is 6.29 Å². The molecule has 0 unspecified atom stereocenters. The molecule has 0 spiro atoms. The molecule has 19 heavy (non-hydrogen) atoms. The van der Waals surface area contributed by atoms with Crippen molar-refractivity contribution in [2.75, 3.05) is 0 Å². The summed E-state index contributed by atoms with van der Waals surface area (Å²) in [4.78, 5) is 16.8. The number of halogens is 1. The molecule has 0 aliphatic heterocycles. The molecular weight excluding hydrogens is 324 g/mol. The number of hydrogen-bond donors (Lipinski definition) is 0. The molecule has 2 heterocycles. The van der Waals surface area contributed by atoms with E-state index in [1.54, 1.807) is 4.40 Å². The van der Waals surface area contributed by atoms with E-state index in [-0.39, 0.29) is 0 Å². The molecule has 0 fully saturated rings. The second-order valence-electron chi connectivity index (χ2n) is 3.91. The second-order valence-corrected chi connectivity index (χ2v) is 5.89. The molecule has 0 atom stereocenters. The number of aldehydes is 1. The molecule has 5 heteroatoms. The molecule has 3 aromatic rings. The number of imidazole rings is 1. The van der Waals surface area contributed by atoms with E-state index in [0.717, 1.165) is 26.3 Å². The van der Waals surface area contributed by atoms with Crippen LogP contribution < -0.4 is 0 Å². The standard InChI is InChI=1S/C14H9BrN2OS/c15-10-4-3-5-11(8-10)19-14-12(9-18)17-7-2-1-6-13(17)16-14/h1-9H. The number of nitrogens with zero attached hydrogens (tertiary/aromatic N) is 2. The molecule has 3 nitrogen and oxygen atoms in total. The highest BCUT2D eigenvalue weighted by Crippen LogP contribution is 2.31. The van der Waals surface area contributed by atoms with Crippen molar-refractivity contribution in [1.82, 2.24) is 9.38 Å². The minimum Gasteiger partial charge on any atom is -0.296 e. The van der Waals surface area contributed by atoms with Gasteiger partial charge in [0.1, 0.15) is 16.4 Å². The maximum absolute atomic E-state index is 11.3. The van der Waals surface area contributed by atoms with Crippen LogP contribution in [-0.2, 0) is 0 Å². The molecular formula is C14H9BrN2OS. The molecule has 0 bridgehead atoms. The van der Waals surface area contributed by atoms with Gasteiger partial charge >= 0.3 is 0 Å². The lowest BCUT2D eigenvalue weighted by molar-refractivity contribution is 0.111. The molecule has 2 aromatic heterocycles. The highest BCUT2D eigenvalue weighted by Gasteiger charge is 2.12. The van der Waals surface area contributed by atoms with Gasteiger partial charge in [0, 0.05) is 15.6 Å². The summed E-state index contributed by atoms with van der Waals surface area (Å²) in [5, 5.41) is 0.722. The Morgan fingerprint density at radius 1 is 1.21 bits per heavy atom. The van der Waals surface area contributed by atoms with Crippen molar-refractivity contribution in [3.63, 3.8) is 0 Å². The fraction of sp³-hybridized carbons (Fsp3) is 0. The van der Waals surface area contributed by atoms with Gasteiger partial charge in [-0.3, -0.25) is 9.20 Å². The van der Waals surface area contributed by atoms with Crippen LogP contribution in [0, 0.1) is 0 Å². The van der Waals surface area contributed by atoms with E-state index < -0.39 is 0 Å². The van der Waals surface area contributed by atoms with Gasteiger partial charge in [0.2, 0.25) is 0 Å². The summed E-state index contributed by atoms with van der Waals surface area (Å²) >= 11 is 4.92. The molecule has 0 saturated carbocycles. The van der Waals surface area contributed by atoms with Crippen LogP contribution in [0.5, 0.6) is 0 Å². The normalized spacial score (nSPS) is 10.8. The SMILES string of the molecule is O=Cc1c(Sc2cccc(Br)c2)nc2ccccn12. The summed E-state index contributed by atoms with van der Waals surface area (Å²) in [7, 11) is 0. The van der Waals surface area contributed by atoms with E-state index in [1.807, 2.05) is 48.7 Å². The quantitative estimate of drug-likeness (QED) is 0.678. The van der Waals surface area contributed by atoms with Crippen LogP contribution in [0.2, 0.25) is 0 Å². The highest BCUT2D eigenvalue weighted by atomic mass is 79.9. The van der Waals surface area contributed by atoms with Crippen molar-refractivity contribution >= 4 is 39.6 Å². The first-order chi connectivity index (χ1) is 9.28. The van der Waals surface area contributed by atoms with Crippen molar-refractivity contribution in [2.24, 2.45) is 0 Å². The summed E-state index contributed by atoms with van der Waals surface area (Å²) in [6.45, 7) is 0. The topological polar surface area (TPSA) is 34.4 Å². The number of hydrogen-bond acceptors (Lipinski definition) is 3. The van der Waals surface area contributed by atoms with Gasteiger partial charge in [-0.25, -0.2) is 4.98 Å². The van der Waals surface area contributed by atoms with Crippen molar-refractivity contribution in [3.8, 4) is 0 Å². The van der Waals surface area contributed by atoms with Crippen molar-refractivity contribution in [1.29, 1.82) is 0 Å². The predicted octanol–water partition coefficient (Wildman–Crippen LogP) is 4.06. The first-order valence-corrected chi connectivity index (χ1v) is 7.24. The lowest BCUT2D eigenvalue weighted by Gasteiger charge is -1.99. The molecule has 0 aliphatic rings. The number of aromatic nitrogens is 2.